The third kappa shape index (κ3) is 5.02. The van der Waals surface area contributed by atoms with Gasteiger partial charge in [0.2, 0.25) is 0 Å². The van der Waals surface area contributed by atoms with E-state index < -0.39 is 0 Å². The Hall–Kier alpha value is -1.56. The Morgan fingerprint density at radius 3 is 2.95 bits per heavy atom. The Labute approximate surface area is 136 Å². The fourth-order valence-electron chi connectivity index (χ4n) is 2.45. The van der Waals surface area contributed by atoms with Crippen LogP contribution in [0, 0.1) is 0 Å². The van der Waals surface area contributed by atoms with Gasteiger partial charge in [-0.05, 0) is 17.7 Å². The van der Waals surface area contributed by atoms with Crippen molar-refractivity contribution in [2.24, 2.45) is 10.7 Å². The summed E-state index contributed by atoms with van der Waals surface area (Å²) < 4.78 is 5.44. The first-order valence-corrected chi connectivity index (χ1v) is 7.80. The van der Waals surface area contributed by atoms with Crippen molar-refractivity contribution in [3.8, 4) is 0 Å². The predicted molar refractivity (Wildman–Crippen MR) is 91.3 cm³/mol. The maximum Gasteiger partial charge on any atom is 0.188 e. The van der Waals surface area contributed by atoms with Gasteiger partial charge < -0.3 is 15.8 Å². The van der Waals surface area contributed by atoms with Gasteiger partial charge in [-0.15, -0.1) is 6.58 Å². The number of hydrogen-bond acceptors (Lipinski definition) is 3. The van der Waals surface area contributed by atoms with E-state index in [2.05, 4.69) is 27.9 Å². The third-order valence-electron chi connectivity index (χ3n) is 3.58. The molecular weight excluding hydrogens is 300 g/mol. The highest BCUT2D eigenvalue weighted by molar-refractivity contribution is 6.30. The van der Waals surface area contributed by atoms with Gasteiger partial charge in [0, 0.05) is 24.7 Å². The van der Waals surface area contributed by atoms with Gasteiger partial charge >= 0.3 is 0 Å². The average Bonchev–Trinajstić information content (AvgIpc) is 2.54. The molecule has 1 heterocycles. The number of nitrogens with two attached hydrogens (primary N) is 1. The Morgan fingerprint density at radius 1 is 1.50 bits per heavy atom. The van der Waals surface area contributed by atoms with Crippen LogP contribution < -0.4 is 11.1 Å². The number of ether oxygens (including phenoxy) is 1. The Bertz CT molecular complexity index is 515. The lowest BCUT2D eigenvalue weighted by molar-refractivity contribution is 0.0180. The van der Waals surface area contributed by atoms with E-state index in [1.807, 2.05) is 18.2 Å². The summed E-state index contributed by atoms with van der Waals surface area (Å²) in [6.45, 7) is 8.08. The minimum Gasteiger partial charge on any atom is -0.379 e. The van der Waals surface area contributed by atoms with Crippen molar-refractivity contribution in [2.45, 2.75) is 6.04 Å². The molecule has 0 spiro atoms. The van der Waals surface area contributed by atoms with Crippen LogP contribution in [-0.2, 0) is 4.74 Å². The minimum absolute atomic E-state index is 0.145. The highest BCUT2D eigenvalue weighted by Gasteiger charge is 2.22. The molecule has 1 aromatic rings. The van der Waals surface area contributed by atoms with Crippen molar-refractivity contribution in [2.75, 3.05) is 39.4 Å². The largest absolute Gasteiger partial charge is 0.379 e. The molecule has 1 saturated heterocycles. The van der Waals surface area contributed by atoms with Crippen LogP contribution in [0.1, 0.15) is 11.6 Å². The molecule has 1 aliphatic heterocycles. The quantitative estimate of drug-likeness (QED) is 0.476. The van der Waals surface area contributed by atoms with E-state index in [0.717, 1.165) is 36.9 Å². The number of rotatable bonds is 6. The summed E-state index contributed by atoms with van der Waals surface area (Å²) in [5.41, 5.74) is 7.02. The number of hydrogen-bond donors (Lipinski definition) is 2. The summed E-state index contributed by atoms with van der Waals surface area (Å²) >= 11 is 6.13. The van der Waals surface area contributed by atoms with Gasteiger partial charge in [-0.3, -0.25) is 9.89 Å². The van der Waals surface area contributed by atoms with E-state index in [4.69, 9.17) is 22.1 Å². The molecule has 0 bridgehead atoms. The van der Waals surface area contributed by atoms with E-state index in [1.165, 1.54) is 0 Å². The summed E-state index contributed by atoms with van der Waals surface area (Å²) in [7, 11) is 0. The second-order valence-electron chi connectivity index (χ2n) is 5.11. The Balaban J connectivity index is 2.12. The van der Waals surface area contributed by atoms with Crippen molar-refractivity contribution in [3.63, 3.8) is 0 Å². The van der Waals surface area contributed by atoms with Crippen molar-refractivity contribution >= 4 is 17.6 Å². The molecule has 1 aromatic carbocycles. The molecule has 1 aliphatic rings. The van der Waals surface area contributed by atoms with Crippen LogP contribution >= 0.6 is 11.6 Å². The highest BCUT2D eigenvalue weighted by atomic mass is 35.5. The molecule has 0 amide bonds. The summed E-state index contributed by atoms with van der Waals surface area (Å²) in [4.78, 5) is 6.81. The molecule has 1 unspecified atom stereocenters. The second kappa shape index (κ2) is 8.78. The molecule has 0 saturated carbocycles. The van der Waals surface area contributed by atoms with Gasteiger partial charge in [0.25, 0.3) is 0 Å². The Kier molecular flexibility index (Phi) is 6.71. The van der Waals surface area contributed by atoms with Crippen LogP contribution in [-0.4, -0.2) is 50.3 Å². The fourth-order valence-corrected chi connectivity index (χ4v) is 2.65. The number of nitrogens with one attached hydrogen (secondary N) is 1. The van der Waals surface area contributed by atoms with E-state index in [9.17, 15) is 0 Å². The number of aliphatic imine (C=N–C) groups is 1. The summed E-state index contributed by atoms with van der Waals surface area (Å²) in [6, 6.07) is 8.06. The molecule has 0 radical (unpaired) electrons. The molecule has 1 atom stereocenters. The molecule has 6 heteroatoms. The second-order valence-corrected chi connectivity index (χ2v) is 5.55. The van der Waals surface area contributed by atoms with Crippen LogP contribution in [0.5, 0.6) is 0 Å². The molecule has 120 valence electrons. The number of morpholine rings is 1. The van der Waals surface area contributed by atoms with Crippen molar-refractivity contribution in [1.82, 2.24) is 10.2 Å². The molecule has 3 N–H and O–H groups in total. The van der Waals surface area contributed by atoms with Crippen LogP contribution in [0.25, 0.3) is 0 Å². The lowest BCUT2D eigenvalue weighted by atomic mass is 10.0. The molecule has 0 aliphatic carbocycles. The monoisotopic (exact) mass is 322 g/mol. The van der Waals surface area contributed by atoms with Gasteiger partial charge in [0.15, 0.2) is 5.96 Å². The molecule has 0 aromatic heterocycles. The van der Waals surface area contributed by atoms with E-state index in [1.54, 1.807) is 6.08 Å². The SMILES string of the molecule is C=CCNC(N)=NCC(c1cccc(Cl)c1)N1CCOCC1. The maximum absolute atomic E-state index is 6.13. The normalized spacial score (nSPS) is 18.0. The molecule has 1 fully saturated rings. The van der Waals surface area contributed by atoms with E-state index in [0.29, 0.717) is 19.0 Å². The average molecular weight is 323 g/mol. The van der Waals surface area contributed by atoms with Crippen LogP contribution in [0.4, 0.5) is 0 Å². The van der Waals surface area contributed by atoms with E-state index >= 15 is 0 Å². The van der Waals surface area contributed by atoms with Gasteiger partial charge in [-0.2, -0.15) is 0 Å². The van der Waals surface area contributed by atoms with Gasteiger partial charge in [0.1, 0.15) is 0 Å². The first kappa shape index (κ1) is 16.8. The van der Waals surface area contributed by atoms with Gasteiger partial charge in [-0.1, -0.05) is 29.8 Å². The highest BCUT2D eigenvalue weighted by Crippen LogP contribution is 2.24. The maximum atomic E-state index is 6.13. The first-order chi connectivity index (χ1) is 10.7. The summed E-state index contributed by atoms with van der Waals surface area (Å²) in [6.07, 6.45) is 1.75. The van der Waals surface area contributed by atoms with E-state index in [-0.39, 0.29) is 6.04 Å². The standard InChI is InChI=1S/C16H23ClN4O/c1-2-6-19-16(18)20-12-15(21-7-9-22-10-8-21)13-4-3-5-14(17)11-13/h2-5,11,15H,1,6-10,12H2,(H3,18,19,20). The first-order valence-electron chi connectivity index (χ1n) is 7.42. The van der Waals surface area contributed by atoms with Crippen LogP contribution in [0.3, 0.4) is 0 Å². The smallest absolute Gasteiger partial charge is 0.188 e. The lowest BCUT2D eigenvalue weighted by Crippen LogP contribution is -2.41. The topological polar surface area (TPSA) is 62.9 Å². The number of guanidine groups is 1. The molecule has 2 rings (SSSR count). The number of halogens is 1. The predicted octanol–water partition coefficient (Wildman–Crippen LogP) is 1.80. The molecular formula is C16H23ClN4O. The number of nitrogens with zero attached hydrogens (tertiary/aromatic N) is 2. The van der Waals surface area contributed by atoms with Crippen LogP contribution in [0.15, 0.2) is 41.9 Å². The van der Waals surface area contributed by atoms with Gasteiger partial charge in [-0.25, -0.2) is 0 Å². The zero-order valence-electron chi connectivity index (χ0n) is 12.7. The zero-order valence-corrected chi connectivity index (χ0v) is 13.4. The summed E-state index contributed by atoms with van der Waals surface area (Å²) in [5.74, 6) is 0.431. The lowest BCUT2D eigenvalue weighted by Gasteiger charge is -2.34. The molecule has 22 heavy (non-hydrogen) atoms. The third-order valence-corrected chi connectivity index (χ3v) is 3.82. The van der Waals surface area contributed by atoms with Gasteiger partial charge in [0.05, 0.1) is 25.8 Å². The summed E-state index contributed by atoms with van der Waals surface area (Å²) in [5, 5.41) is 3.73. The van der Waals surface area contributed by atoms with Crippen LogP contribution in [0.2, 0.25) is 5.02 Å². The minimum atomic E-state index is 0.145. The van der Waals surface area contributed by atoms with Crippen molar-refractivity contribution in [1.29, 1.82) is 0 Å². The fraction of sp³-hybridized carbons (Fsp3) is 0.438. The Morgan fingerprint density at radius 2 is 2.27 bits per heavy atom. The van der Waals surface area contributed by atoms with Crippen molar-refractivity contribution in [3.05, 3.63) is 47.5 Å². The van der Waals surface area contributed by atoms with Crippen molar-refractivity contribution < 1.29 is 4.74 Å². The molecule has 5 nitrogen and oxygen atoms in total. The number of benzene rings is 1. The zero-order chi connectivity index (χ0) is 15.8.